The standard InChI is InChI=1S/C17H12ClFN2OS/c18-12-6-7-13(14(19)8-12)17(22)20-9-16-21-15(10-23-16)11-4-2-1-3-5-11/h1-8,10H,9H2,(H,20,22). The number of thiazole rings is 1. The van der Waals surface area contributed by atoms with Crippen molar-refractivity contribution in [2.75, 3.05) is 0 Å². The summed E-state index contributed by atoms with van der Waals surface area (Å²) in [5.41, 5.74) is 1.84. The highest BCUT2D eigenvalue weighted by atomic mass is 35.5. The van der Waals surface area contributed by atoms with Crippen molar-refractivity contribution in [3.63, 3.8) is 0 Å². The van der Waals surface area contributed by atoms with Gasteiger partial charge in [-0.25, -0.2) is 9.37 Å². The summed E-state index contributed by atoms with van der Waals surface area (Å²) in [6, 6.07) is 13.7. The second-order valence-corrected chi connectivity index (χ2v) is 6.18. The summed E-state index contributed by atoms with van der Waals surface area (Å²) in [4.78, 5) is 16.5. The topological polar surface area (TPSA) is 42.0 Å². The van der Waals surface area contributed by atoms with E-state index in [9.17, 15) is 9.18 Å². The molecule has 6 heteroatoms. The van der Waals surface area contributed by atoms with Crippen LogP contribution in [0, 0.1) is 5.82 Å². The first-order valence-corrected chi connectivity index (χ1v) is 8.12. The van der Waals surface area contributed by atoms with Crippen molar-refractivity contribution in [2.45, 2.75) is 6.54 Å². The zero-order valence-corrected chi connectivity index (χ0v) is 13.5. The Kier molecular flexibility index (Phi) is 4.69. The highest BCUT2D eigenvalue weighted by Crippen LogP contribution is 2.21. The van der Waals surface area contributed by atoms with E-state index in [0.717, 1.165) is 22.3 Å². The lowest BCUT2D eigenvalue weighted by Crippen LogP contribution is -2.23. The van der Waals surface area contributed by atoms with Crippen LogP contribution in [0.4, 0.5) is 4.39 Å². The van der Waals surface area contributed by atoms with Crippen LogP contribution in [0.25, 0.3) is 11.3 Å². The second-order valence-electron chi connectivity index (χ2n) is 4.80. The van der Waals surface area contributed by atoms with Crippen molar-refractivity contribution in [3.05, 3.63) is 75.3 Å². The first-order chi connectivity index (χ1) is 11.1. The van der Waals surface area contributed by atoms with Gasteiger partial charge in [0.25, 0.3) is 5.91 Å². The van der Waals surface area contributed by atoms with E-state index in [1.807, 2.05) is 35.7 Å². The Hall–Kier alpha value is -2.24. The average molecular weight is 347 g/mol. The van der Waals surface area contributed by atoms with Crippen LogP contribution in [0.15, 0.2) is 53.9 Å². The number of rotatable bonds is 4. The van der Waals surface area contributed by atoms with Crippen molar-refractivity contribution in [1.29, 1.82) is 0 Å². The molecule has 1 aromatic heterocycles. The smallest absolute Gasteiger partial charge is 0.254 e. The zero-order chi connectivity index (χ0) is 16.2. The molecule has 116 valence electrons. The number of nitrogens with zero attached hydrogens (tertiary/aromatic N) is 1. The summed E-state index contributed by atoms with van der Waals surface area (Å²) in [6.45, 7) is 0.248. The first-order valence-electron chi connectivity index (χ1n) is 6.86. The summed E-state index contributed by atoms with van der Waals surface area (Å²) in [5, 5.41) is 5.61. The molecule has 0 saturated carbocycles. The van der Waals surface area contributed by atoms with Crippen molar-refractivity contribution < 1.29 is 9.18 Å². The molecule has 0 fully saturated rings. The molecule has 0 aliphatic carbocycles. The molecule has 0 unspecified atom stereocenters. The van der Waals surface area contributed by atoms with Crippen LogP contribution in [-0.2, 0) is 6.54 Å². The molecule has 0 radical (unpaired) electrons. The number of hydrogen-bond donors (Lipinski definition) is 1. The maximum atomic E-state index is 13.7. The molecule has 1 N–H and O–H groups in total. The van der Waals surface area contributed by atoms with Crippen LogP contribution in [0.1, 0.15) is 15.4 Å². The van der Waals surface area contributed by atoms with E-state index in [0.29, 0.717) is 0 Å². The van der Waals surface area contributed by atoms with E-state index in [2.05, 4.69) is 10.3 Å². The third kappa shape index (κ3) is 3.75. The van der Waals surface area contributed by atoms with Gasteiger partial charge in [0.2, 0.25) is 0 Å². The molecule has 3 rings (SSSR count). The Morgan fingerprint density at radius 2 is 2.00 bits per heavy atom. The van der Waals surface area contributed by atoms with Gasteiger partial charge in [0.15, 0.2) is 0 Å². The van der Waals surface area contributed by atoms with E-state index >= 15 is 0 Å². The zero-order valence-electron chi connectivity index (χ0n) is 11.9. The molecule has 1 heterocycles. The van der Waals surface area contributed by atoms with Crippen LogP contribution >= 0.6 is 22.9 Å². The molecular weight excluding hydrogens is 335 g/mol. The number of halogens is 2. The van der Waals surface area contributed by atoms with E-state index in [-0.39, 0.29) is 17.1 Å². The van der Waals surface area contributed by atoms with Crippen LogP contribution in [0.3, 0.4) is 0 Å². The summed E-state index contributed by atoms with van der Waals surface area (Å²) in [6.07, 6.45) is 0. The molecule has 0 atom stereocenters. The first kappa shape index (κ1) is 15.6. The van der Waals surface area contributed by atoms with Gasteiger partial charge in [-0.05, 0) is 18.2 Å². The van der Waals surface area contributed by atoms with Crippen LogP contribution in [0.2, 0.25) is 5.02 Å². The predicted octanol–water partition coefficient (Wildman–Crippen LogP) is 4.53. The Balaban J connectivity index is 1.67. The van der Waals surface area contributed by atoms with Crippen molar-refractivity contribution >= 4 is 28.8 Å². The summed E-state index contributed by atoms with van der Waals surface area (Å²) < 4.78 is 13.7. The predicted molar refractivity (Wildman–Crippen MR) is 90.1 cm³/mol. The fraction of sp³-hybridized carbons (Fsp3) is 0.0588. The van der Waals surface area contributed by atoms with Gasteiger partial charge >= 0.3 is 0 Å². The molecule has 3 aromatic rings. The Bertz CT molecular complexity index is 836. The Morgan fingerprint density at radius 1 is 1.22 bits per heavy atom. The minimum Gasteiger partial charge on any atom is -0.345 e. The fourth-order valence-corrected chi connectivity index (χ4v) is 2.96. The molecule has 23 heavy (non-hydrogen) atoms. The molecule has 3 nitrogen and oxygen atoms in total. The minimum absolute atomic E-state index is 0.0331. The number of carbonyl (C=O) groups is 1. The highest BCUT2D eigenvalue weighted by Gasteiger charge is 2.12. The van der Waals surface area contributed by atoms with E-state index in [1.54, 1.807) is 0 Å². The fourth-order valence-electron chi connectivity index (χ4n) is 2.06. The summed E-state index contributed by atoms with van der Waals surface area (Å²) in [7, 11) is 0. The van der Waals surface area contributed by atoms with Gasteiger partial charge in [-0.15, -0.1) is 11.3 Å². The lowest BCUT2D eigenvalue weighted by Gasteiger charge is -2.04. The lowest BCUT2D eigenvalue weighted by atomic mass is 10.2. The molecule has 0 aliphatic rings. The summed E-state index contributed by atoms with van der Waals surface area (Å²) >= 11 is 7.12. The van der Waals surface area contributed by atoms with Crippen molar-refractivity contribution in [2.24, 2.45) is 0 Å². The maximum Gasteiger partial charge on any atom is 0.254 e. The summed E-state index contributed by atoms with van der Waals surface area (Å²) in [5.74, 6) is -1.13. The van der Waals surface area contributed by atoms with Crippen LogP contribution in [0.5, 0.6) is 0 Å². The SMILES string of the molecule is O=C(NCc1nc(-c2ccccc2)cs1)c1ccc(Cl)cc1F. The maximum absolute atomic E-state index is 13.7. The molecular formula is C17H12ClFN2OS. The third-order valence-corrected chi connectivity index (χ3v) is 4.28. The van der Waals surface area contributed by atoms with Crippen molar-refractivity contribution in [3.8, 4) is 11.3 Å². The molecule has 0 saturated heterocycles. The van der Waals surface area contributed by atoms with Gasteiger partial charge in [-0.1, -0.05) is 41.9 Å². The quantitative estimate of drug-likeness (QED) is 0.754. The third-order valence-electron chi connectivity index (χ3n) is 3.20. The van der Waals surface area contributed by atoms with Gasteiger partial charge in [-0.2, -0.15) is 0 Å². The number of carbonyl (C=O) groups excluding carboxylic acids is 1. The highest BCUT2D eigenvalue weighted by molar-refractivity contribution is 7.09. The van der Waals surface area contributed by atoms with Gasteiger partial charge < -0.3 is 5.32 Å². The van der Waals surface area contributed by atoms with Crippen LogP contribution in [-0.4, -0.2) is 10.9 Å². The Morgan fingerprint density at radius 3 is 2.74 bits per heavy atom. The van der Waals surface area contributed by atoms with E-state index in [4.69, 9.17) is 11.6 Å². The molecule has 0 spiro atoms. The minimum atomic E-state index is -0.640. The Labute approximate surface area is 141 Å². The number of amides is 1. The van der Waals surface area contributed by atoms with Crippen LogP contribution < -0.4 is 5.32 Å². The number of hydrogen-bond acceptors (Lipinski definition) is 3. The van der Waals surface area contributed by atoms with Gasteiger partial charge in [0.05, 0.1) is 17.8 Å². The second kappa shape index (κ2) is 6.89. The van der Waals surface area contributed by atoms with Gasteiger partial charge in [-0.3, -0.25) is 4.79 Å². The number of nitrogens with one attached hydrogen (secondary N) is 1. The number of benzene rings is 2. The lowest BCUT2D eigenvalue weighted by molar-refractivity contribution is 0.0947. The van der Waals surface area contributed by atoms with E-state index in [1.165, 1.54) is 23.5 Å². The van der Waals surface area contributed by atoms with Gasteiger partial charge in [0.1, 0.15) is 10.8 Å². The number of aromatic nitrogens is 1. The molecule has 0 aliphatic heterocycles. The average Bonchev–Trinajstić information content (AvgIpc) is 3.02. The molecule has 2 aromatic carbocycles. The largest absolute Gasteiger partial charge is 0.345 e. The normalized spacial score (nSPS) is 10.5. The molecule has 0 bridgehead atoms. The van der Waals surface area contributed by atoms with Crippen molar-refractivity contribution in [1.82, 2.24) is 10.3 Å². The monoisotopic (exact) mass is 346 g/mol. The van der Waals surface area contributed by atoms with Gasteiger partial charge in [0, 0.05) is 16.0 Å². The van der Waals surface area contributed by atoms with E-state index < -0.39 is 11.7 Å². The molecule has 1 amide bonds.